The van der Waals surface area contributed by atoms with Crippen LogP contribution in [0, 0.1) is 12.3 Å². The first kappa shape index (κ1) is 17.2. The van der Waals surface area contributed by atoms with E-state index < -0.39 is 10.4 Å². The number of aryl methyl sites for hydroxylation is 1. The van der Waals surface area contributed by atoms with Crippen LogP contribution in [0.3, 0.4) is 0 Å². The lowest BCUT2D eigenvalue weighted by Crippen LogP contribution is -2.65. The molecule has 26 heavy (non-hydrogen) atoms. The number of sulfonamides is 1. The van der Waals surface area contributed by atoms with E-state index in [0.717, 1.165) is 23.2 Å². The average molecular weight is 370 g/mol. The second-order valence-corrected chi connectivity index (χ2v) is 9.51. The van der Waals surface area contributed by atoms with Gasteiger partial charge in [0.05, 0.1) is 12.2 Å². The van der Waals surface area contributed by atoms with Gasteiger partial charge in [-0.3, -0.25) is 4.79 Å². The van der Waals surface area contributed by atoms with Gasteiger partial charge in [-0.2, -0.15) is 4.31 Å². The highest BCUT2D eigenvalue weighted by Gasteiger charge is 2.51. The third-order valence-corrected chi connectivity index (χ3v) is 6.47. The molecule has 0 aliphatic carbocycles. The van der Waals surface area contributed by atoms with E-state index in [1.807, 2.05) is 60.4 Å². The maximum Gasteiger partial charge on any atom is 0.253 e. The number of rotatable bonds is 2. The van der Waals surface area contributed by atoms with Crippen LogP contribution >= 0.6 is 0 Å². The summed E-state index contributed by atoms with van der Waals surface area (Å²) in [6, 6.07) is 15.2. The van der Waals surface area contributed by atoms with E-state index in [1.54, 1.807) is 0 Å². The zero-order valence-corrected chi connectivity index (χ0v) is 15.8. The van der Waals surface area contributed by atoms with Crippen molar-refractivity contribution < 1.29 is 13.6 Å². The largest absolute Gasteiger partial charge is 0.593 e. The summed E-state index contributed by atoms with van der Waals surface area (Å²) in [5.74, 6) is 0.0142. The minimum Gasteiger partial charge on any atom is -0.593 e. The number of para-hydroxylation sites is 1. The summed E-state index contributed by atoms with van der Waals surface area (Å²) >= 11 is 0. The Kier molecular flexibility index (Phi) is 3.93. The van der Waals surface area contributed by atoms with Crippen molar-refractivity contribution in [1.29, 1.82) is 0 Å². The molecule has 0 bridgehead atoms. The van der Waals surface area contributed by atoms with Crippen LogP contribution in [-0.2, 0) is 21.0 Å². The Hall–Kier alpha value is -2.18. The van der Waals surface area contributed by atoms with Gasteiger partial charge in [0, 0.05) is 24.1 Å². The van der Waals surface area contributed by atoms with Gasteiger partial charge < -0.3 is 9.45 Å². The van der Waals surface area contributed by atoms with Crippen LogP contribution in [0.4, 0.5) is 5.69 Å². The molecular weight excluding hydrogens is 348 g/mol. The second kappa shape index (κ2) is 5.93. The number of anilines is 1. The van der Waals surface area contributed by atoms with Crippen LogP contribution in [0.25, 0.3) is 0 Å². The fraction of sp³-hybridized carbons (Fsp3) is 0.350. The van der Waals surface area contributed by atoms with Gasteiger partial charge in [-0.05, 0) is 37.1 Å². The Morgan fingerprint density at radius 3 is 2.38 bits per heavy atom. The summed E-state index contributed by atoms with van der Waals surface area (Å²) in [6.07, 6.45) is 2.05. The first-order chi connectivity index (χ1) is 12.3. The van der Waals surface area contributed by atoms with Crippen LogP contribution in [-0.4, -0.2) is 41.2 Å². The van der Waals surface area contributed by atoms with E-state index in [0.29, 0.717) is 25.2 Å². The summed E-state index contributed by atoms with van der Waals surface area (Å²) < 4.78 is 26.1. The van der Waals surface area contributed by atoms with Gasteiger partial charge >= 0.3 is 0 Å². The van der Waals surface area contributed by atoms with Gasteiger partial charge in [-0.15, -0.1) is 0 Å². The predicted octanol–water partition coefficient (Wildman–Crippen LogP) is 2.67. The molecule has 2 aromatic rings. The molecule has 2 aliphatic heterocycles. The van der Waals surface area contributed by atoms with E-state index in [1.165, 1.54) is 10.6 Å². The number of carbonyl (C=O) groups excluding carboxylic acids is 1. The van der Waals surface area contributed by atoms with Gasteiger partial charge in [0.25, 0.3) is 5.91 Å². The standard InChI is InChI=1S/C20H22N2O3S/c1-15-7-9-16(10-8-15)19(23)21-12-20(13-21)11-17-5-3-4-6-18(17)22(14-20)26(2,24)25/h3-10H,11-14H2,1-2H3. The molecule has 136 valence electrons. The van der Waals surface area contributed by atoms with Crippen LogP contribution in [0.2, 0.25) is 0 Å². The molecule has 6 heteroatoms. The zero-order valence-electron chi connectivity index (χ0n) is 15.0. The minimum absolute atomic E-state index is 0.0142. The molecule has 2 aromatic carbocycles. The van der Waals surface area contributed by atoms with Crippen molar-refractivity contribution in [2.24, 2.45) is 5.41 Å². The predicted molar refractivity (Wildman–Crippen MR) is 102 cm³/mol. The zero-order chi connectivity index (χ0) is 18.5. The van der Waals surface area contributed by atoms with Gasteiger partial charge in [-0.25, -0.2) is 0 Å². The fourth-order valence-electron chi connectivity index (χ4n) is 4.05. The molecule has 1 spiro atoms. The maximum absolute atomic E-state index is 12.7. The molecule has 5 nitrogen and oxygen atoms in total. The number of amides is 1. The van der Waals surface area contributed by atoms with Crippen LogP contribution in [0.1, 0.15) is 21.5 Å². The second-order valence-electron chi connectivity index (χ2n) is 7.60. The van der Waals surface area contributed by atoms with Crippen LogP contribution < -0.4 is 4.31 Å². The fourth-order valence-corrected chi connectivity index (χ4v) is 5.09. The van der Waals surface area contributed by atoms with Crippen molar-refractivity contribution in [3.63, 3.8) is 0 Å². The Balaban J connectivity index is 1.56. The monoisotopic (exact) mass is 370 g/mol. The van der Waals surface area contributed by atoms with E-state index in [9.17, 15) is 13.6 Å². The summed E-state index contributed by atoms with van der Waals surface area (Å²) in [7, 11) is -3.35. The van der Waals surface area contributed by atoms with Crippen molar-refractivity contribution in [2.45, 2.75) is 13.3 Å². The molecule has 1 amide bonds. The smallest absolute Gasteiger partial charge is 0.253 e. The molecule has 1 unspecified atom stereocenters. The van der Waals surface area contributed by atoms with Crippen molar-refractivity contribution >= 4 is 22.0 Å². The number of hydrogen-bond acceptors (Lipinski definition) is 3. The molecule has 1 fully saturated rings. The van der Waals surface area contributed by atoms with E-state index in [4.69, 9.17) is 0 Å². The van der Waals surface area contributed by atoms with E-state index >= 15 is 0 Å². The van der Waals surface area contributed by atoms with Crippen molar-refractivity contribution in [3.8, 4) is 0 Å². The molecule has 1 saturated heterocycles. The Morgan fingerprint density at radius 2 is 1.73 bits per heavy atom. The molecule has 2 aliphatic rings. The highest BCUT2D eigenvalue weighted by atomic mass is 32.3. The molecule has 2 heterocycles. The highest BCUT2D eigenvalue weighted by molar-refractivity contribution is 7.98. The first-order valence-electron chi connectivity index (χ1n) is 8.69. The molecule has 0 saturated carbocycles. The lowest BCUT2D eigenvalue weighted by molar-refractivity contribution is 0.00910. The van der Waals surface area contributed by atoms with Gasteiger partial charge in [0.15, 0.2) is 0 Å². The number of carbonyl (C=O) groups is 1. The van der Waals surface area contributed by atoms with Crippen LogP contribution in [0.15, 0.2) is 48.5 Å². The average Bonchev–Trinajstić information content (AvgIpc) is 2.58. The Bertz CT molecular complexity index is 898. The number of benzene rings is 2. The van der Waals surface area contributed by atoms with Gasteiger partial charge in [0.2, 0.25) is 0 Å². The number of likely N-dealkylation sites (tertiary alicyclic amines) is 1. The molecule has 1 atom stereocenters. The van der Waals surface area contributed by atoms with E-state index in [-0.39, 0.29) is 11.3 Å². The summed E-state index contributed by atoms with van der Waals surface area (Å²) in [4.78, 5) is 14.5. The van der Waals surface area contributed by atoms with Crippen molar-refractivity contribution in [2.75, 3.05) is 30.2 Å². The molecule has 0 N–H and O–H groups in total. The lowest BCUT2D eigenvalue weighted by Gasteiger charge is -2.54. The molecule has 0 radical (unpaired) electrons. The number of fused-ring (bicyclic) bond motifs is 1. The topological polar surface area (TPSA) is 63.7 Å². The van der Waals surface area contributed by atoms with Gasteiger partial charge in [-0.1, -0.05) is 40.1 Å². The quantitative estimate of drug-likeness (QED) is 0.764. The molecule has 0 aromatic heterocycles. The molecular formula is C20H22N2O3S. The highest BCUT2D eigenvalue weighted by Crippen LogP contribution is 2.44. The third-order valence-electron chi connectivity index (χ3n) is 5.34. The summed E-state index contributed by atoms with van der Waals surface area (Å²) in [5.41, 5.74) is 3.41. The Morgan fingerprint density at radius 1 is 1.08 bits per heavy atom. The summed E-state index contributed by atoms with van der Waals surface area (Å²) in [6.45, 7) is 3.59. The molecule has 4 rings (SSSR count). The SMILES string of the molecule is Cc1ccc(C(=O)N2CC3(Cc4ccccc4N([S+](C)(=O)[O-])C3)C2)cc1. The summed E-state index contributed by atoms with van der Waals surface area (Å²) in [5, 5.41) is 0. The lowest BCUT2D eigenvalue weighted by atomic mass is 9.72. The van der Waals surface area contributed by atoms with Crippen LogP contribution in [0.5, 0.6) is 0 Å². The minimum atomic E-state index is -3.35. The maximum atomic E-state index is 12.7. The normalized spacial score (nSPS) is 20.3. The number of nitrogens with zero attached hydrogens (tertiary/aromatic N) is 2. The van der Waals surface area contributed by atoms with E-state index in [2.05, 4.69) is 0 Å². The number of hydrogen-bond donors (Lipinski definition) is 0. The first-order valence-corrected chi connectivity index (χ1v) is 10.5. The van der Waals surface area contributed by atoms with Gasteiger partial charge in [0.1, 0.15) is 16.7 Å². The Labute approximate surface area is 155 Å². The third kappa shape index (κ3) is 2.93. The van der Waals surface area contributed by atoms with Crippen molar-refractivity contribution in [3.05, 3.63) is 65.2 Å². The van der Waals surface area contributed by atoms with Crippen molar-refractivity contribution in [1.82, 2.24) is 4.90 Å².